The summed E-state index contributed by atoms with van der Waals surface area (Å²) in [5, 5.41) is 16.9. The topological polar surface area (TPSA) is 85.4 Å². The van der Waals surface area contributed by atoms with Crippen molar-refractivity contribution in [2.24, 2.45) is 7.05 Å². The molecule has 2 aliphatic rings. The molecule has 0 bridgehead atoms. The highest BCUT2D eigenvalue weighted by Crippen LogP contribution is 2.44. The molecule has 0 atom stereocenters. The molecule has 5 rings (SSSR count). The second kappa shape index (κ2) is 8.80. The molecule has 3 aromatic rings. The molecule has 2 N–H and O–H groups in total. The van der Waals surface area contributed by atoms with Crippen LogP contribution in [0.15, 0.2) is 42.5 Å². The van der Waals surface area contributed by atoms with Gasteiger partial charge in [0.15, 0.2) is 0 Å². The number of hydrogen-bond acceptors (Lipinski definition) is 4. The molecular formula is C29H35N5O2. The predicted molar refractivity (Wildman–Crippen MR) is 145 cm³/mol. The Labute approximate surface area is 212 Å². The average Bonchev–Trinajstić information content (AvgIpc) is 3.25. The second-order valence-electron chi connectivity index (χ2n) is 10.7. The van der Waals surface area contributed by atoms with Gasteiger partial charge in [-0.2, -0.15) is 0 Å². The van der Waals surface area contributed by atoms with E-state index in [1.807, 2.05) is 69.1 Å². The van der Waals surface area contributed by atoms with Crippen molar-refractivity contribution in [1.29, 1.82) is 10.8 Å². The van der Waals surface area contributed by atoms with Crippen LogP contribution in [0.5, 0.6) is 5.75 Å². The summed E-state index contributed by atoms with van der Waals surface area (Å²) in [6, 6.07) is 14.3. The molecule has 0 saturated carbocycles. The second-order valence-corrected chi connectivity index (χ2v) is 10.7. The number of amides is 1. The summed E-state index contributed by atoms with van der Waals surface area (Å²) in [5.41, 5.74) is 4.88. The van der Waals surface area contributed by atoms with Crippen LogP contribution in [0.25, 0.3) is 10.9 Å². The van der Waals surface area contributed by atoms with Gasteiger partial charge in [0.1, 0.15) is 11.9 Å². The molecule has 0 spiro atoms. The third-order valence-electron chi connectivity index (χ3n) is 7.83. The van der Waals surface area contributed by atoms with Gasteiger partial charge >= 0.3 is 0 Å². The third kappa shape index (κ3) is 4.06. The zero-order valence-electron chi connectivity index (χ0n) is 21.8. The fourth-order valence-electron chi connectivity index (χ4n) is 5.49. The van der Waals surface area contributed by atoms with Gasteiger partial charge in [-0.25, -0.2) is 0 Å². The smallest absolute Gasteiger partial charge is 0.237 e. The Morgan fingerprint density at radius 3 is 2.44 bits per heavy atom. The van der Waals surface area contributed by atoms with E-state index in [0.29, 0.717) is 18.1 Å². The summed E-state index contributed by atoms with van der Waals surface area (Å²) in [4.78, 5) is 17.6. The fourth-order valence-corrected chi connectivity index (χ4v) is 5.49. The Kier molecular flexibility index (Phi) is 5.89. The number of piperidine rings is 1. The maximum atomic E-state index is 13.6. The van der Waals surface area contributed by atoms with Crippen molar-refractivity contribution in [1.82, 2.24) is 9.47 Å². The highest BCUT2D eigenvalue weighted by Gasteiger charge is 2.44. The molecule has 1 fully saturated rings. The van der Waals surface area contributed by atoms with Crippen LogP contribution in [0.4, 0.5) is 5.69 Å². The Bertz CT molecular complexity index is 1380. The lowest BCUT2D eigenvalue weighted by atomic mass is 9.86. The number of likely N-dealkylation sites (tertiary alicyclic amines) is 1. The van der Waals surface area contributed by atoms with Crippen LogP contribution in [0.3, 0.4) is 0 Å². The third-order valence-corrected chi connectivity index (χ3v) is 7.83. The van der Waals surface area contributed by atoms with Gasteiger partial charge in [-0.1, -0.05) is 18.2 Å². The van der Waals surface area contributed by atoms with E-state index in [-0.39, 0.29) is 12.0 Å². The van der Waals surface area contributed by atoms with Crippen molar-refractivity contribution in [3.05, 3.63) is 59.3 Å². The van der Waals surface area contributed by atoms with E-state index in [0.717, 1.165) is 65.1 Å². The molecule has 0 radical (unpaired) electrons. The van der Waals surface area contributed by atoms with Gasteiger partial charge in [0.05, 0.1) is 23.5 Å². The van der Waals surface area contributed by atoms with E-state index >= 15 is 0 Å². The first kappa shape index (κ1) is 24.1. The van der Waals surface area contributed by atoms with Crippen LogP contribution in [-0.2, 0) is 23.8 Å². The van der Waals surface area contributed by atoms with E-state index in [1.54, 1.807) is 6.92 Å². The monoisotopic (exact) mass is 485 g/mol. The number of nitrogens with zero attached hydrogens (tertiary/aromatic N) is 3. The van der Waals surface area contributed by atoms with Crippen molar-refractivity contribution in [2.45, 2.75) is 58.6 Å². The number of aromatic nitrogens is 1. The number of anilines is 1. The molecular weight excluding hydrogens is 450 g/mol. The molecule has 36 heavy (non-hydrogen) atoms. The molecule has 3 heterocycles. The van der Waals surface area contributed by atoms with E-state index in [4.69, 9.17) is 15.6 Å². The normalized spacial score (nSPS) is 17.5. The minimum atomic E-state index is -0.601. The van der Waals surface area contributed by atoms with Crippen LogP contribution in [0.1, 0.15) is 57.4 Å². The zero-order valence-corrected chi connectivity index (χ0v) is 21.8. The minimum absolute atomic E-state index is 0.0886. The van der Waals surface area contributed by atoms with E-state index in [1.165, 1.54) is 0 Å². The van der Waals surface area contributed by atoms with Gasteiger partial charge in [0, 0.05) is 56.0 Å². The van der Waals surface area contributed by atoms with Crippen molar-refractivity contribution in [3.63, 3.8) is 0 Å². The van der Waals surface area contributed by atoms with Crippen LogP contribution in [-0.4, -0.2) is 46.1 Å². The minimum Gasteiger partial charge on any atom is -0.490 e. The number of nitrogens with one attached hydrogen (secondary N) is 2. The average molecular weight is 486 g/mol. The Balaban J connectivity index is 1.42. The Hall–Kier alpha value is -3.61. The Morgan fingerprint density at radius 2 is 1.78 bits per heavy atom. The summed E-state index contributed by atoms with van der Waals surface area (Å²) in [7, 11) is 2.02. The number of carbonyl (C=O) groups excluding carboxylic acids is 1. The van der Waals surface area contributed by atoms with Gasteiger partial charge in [-0.15, -0.1) is 0 Å². The van der Waals surface area contributed by atoms with Crippen LogP contribution in [0, 0.1) is 10.8 Å². The maximum Gasteiger partial charge on any atom is 0.237 e. The lowest BCUT2D eigenvalue weighted by Crippen LogP contribution is -2.40. The first-order valence-corrected chi connectivity index (χ1v) is 12.6. The van der Waals surface area contributed by atoms with Crippen LogP contribution in [0.2, 0.25) is 0 Å². The molecule has 0 aliphatic carbocycles. The molecule has 1 aromatic heterocycles. The van der Waals surface area contributed by atoms with Crippen molar-refractivity contribution in [3.8, 4) is 5.75 Å². The SMILES string of the molecule is CC(=N)c1ccc2cc(CN3C(=O)C(C)(C)c4ccc(OC5CCN(C(C)=N)CC5)cc43)n(C)c2c1. The van der Waals surface area contributed by atoms with Gasteiger partial charge in [-0.3, -0.25) is 10.2 Å². The molecule has 1 amide bonds. The van der Waals surface area contributed by atoms with E-state index in [9.17, 15) is 4.79 Å². The number of aryl methyl sites for hydroxylation is 1. The quantitative estimate of drug-likeness (QED) is 0.383. The fraction of sp³-hybridized carbons (Fsp3) is 0.414. The molecule has 1 saturated heterocycles. The number of amidine groups is 1. The maximum absolute atomic E-state index is 13.6. The van der Waals surface area contributed by atoms with Crippen molar-refractivity contribution < 1.29 is 9.53 Å². The van der Waals surface area contributed by atoms with E-state index < -0.39 is 5.41 Å². The molecule has 7 heteroatoms. The van der Waals surface area contributed by atoms with Gasteiger partial charge in [0.2, 0.25) is 5.91 Å². The zero-order chi connectivity index (χ0) is 25.8. The molecule has 2 aliphatic heterocycles. The number of fused-ring (bicyclic) bond motifs is 2. The summed E-state index contributed by atoms with van der Waals surface area (Å²) < 4.78 is 8.48. The van der Waals surface area contributed by atoms with Gasteiger partial charge in [0.25, 0.3) is 0 Å². The van der Waals surface area contributed by atoms with Gasteiger partial charge < -0.3 is 24.5 Å². The van der Waals surface area contributed by atoms with Crippen molar-refractivity contribution >= 4 is 34.0 Å². The Morgan fingerprint density at radius 1 is 1.06 bits per heavy atom. The first-order valence-electron chi connectivity index (χ1n) is 12.6. The largest absolute Gasteiger partial charge is 0.490 e. The summed E-state index contributed by atoms with van der Waals surface area (Å²) in [6.45, 7) is 9.75. The van der Waals surface area contributed by atoms with Gasteiger partial charge in [-0.05, 0) is 62.4 Å². The summed E-state index contributed by atoms with van der Waals surface area (Å²) in [5.74, 6) is 1.49. The van der Waals surface area contributed by atoms with Crippen LogP contribution < -0.4 is 9.64 Å². The first-order chi connectivity index (χ1) is 17.1. The van der Waals surface area contributed by atoms with Crippen LogP contribution >= 0.6 is 0 Å². The number of carbonyl (C=O) groups is 1. The number of rotatable bonds is 5. The standard InChI is InChI=1S/C29H35N5O2/c1-18(30)20-6-7-21-14-22(32(5)26(21)15-20)17-34-27-16-24(8-9-25(27)29(3,4)28(34)35)36-23-10-12-33(13-11-23)19(2)31/h6-9,14-16,23,30-31H,10-13,17H2,1-5H3. The van der Waals surface area contributed by atoms with E-state index in [2.05, 4.69) is 15.5 Å². The lowest BCUT2D eigenvalue weighted by molar-refractivity contribution is -0.122. The number of ether oxygens (including phenoxy) is 1. The molecule has 2 aromatic carbocycles. The molecule has 188 valence electrons. The molecule has 7 nitrogen and oxygen atoms in total. The highest BCUT2D eigenvalue weighted by molar-refractivity contribution is 6.07. The predicted octanol–water partition coefficient (Wildman–Crippen LogP) is 5.23. The van der Waals surface area contributed by atoms with Crippen molar-refractivity contribution in [2.75, 3.05) is 18.0 Å². The highest BCUT2D eigenvalue weighted by atomic mass is 16.5. The lowest BCUT2D eigenvalue weighted by Gasteiger charge is -2.33. The summed E-state index contributed by atoms with van der Waals surface area (Å²) in [6.07, 6.45) is 1.88. The number of benzene rings is 2. The number of hydrogen-bond donors (Lipinski definition) is 2. The molecule has 0 unspecified atom stereocenters. The summed E-state index contributed by atoms with van der Waals surface area (Å²) >= 11 is 0.